The fourth-order valence-corrected chi connectivity index (χ4v) is 4.23. The van der Waals surface area contributed by atoms with Crippen molar-refractivity contribution in [1.29, 1.82) is 0 Å². The van der Waals surface area contributed by atoms with Gasteiger partial charge in [-0.3, -0.25) is 19.7 Å². The van der Waals surface area contributed by atoms with Crippen LogP contribution in [0.5, 0.6) is 0 Å². The Bertz CT molecular complexity index is 1100. The van der Waals surface area contributed by atoms with Crippen LogP contribution in [0.1, 0.15) is 30.9 Å². The molecule has 2 aromatic rings. The van der Waals surface area contributed by atoms with Crippen LogP contribution in [-0.4, -0.2) is 48.3 Å². The summed E-state index contributed by atoms with van der Waals surface area (Å²) in [5, 5.41) is 14.2. The number of aryl methyl sites for hydroxylation is 1. The van der Waals surface area contributed by atoms with Crippen LogP contribution in [0.3, 0.4) is 0 Å². The molecule has 35 heavy (non-hydrogen) atoms. The molecule has 1 fully saturated rings. The zero-order valence-electron chi connectivity index (χ0n) is 19.5. The normalized spacial score (nSPS) is 14.5. The van der Waals surface area contributed by atoms with E-state index in [0.717, 1.165) is 24.1 Å². The van der Waals surface area contributed by atoms with Crippen LogP contribution in [0.25, 0.3) is 0 Å². The number of rotatable bonds is 7. The lowest BCUT2D eigenvalue weighted by Gasteiger charge is -2.34. The molecule has 1 heterocycles. The number of nitro benzene ring substituents is 1. The summed E-state index contributed by atoms with van der Waals surface area (Å²) in [6.07, 6.45) is -3.21. The number of hydrogen-bond acceptors (Lipinski definition) is 5. The summed E-state index contributed by atoms with van der Waals surface area (Å²) in [4.78, 5) is 38.9. The highest BCUT2D eigenvalue weighted by molar-refractivity contribution is 5.95. The Morgan fingerprint density at radius 3 is 2.43 bits per heavy atom. The van der Waals surface area contributed by atoms with Crippen LogP contribution < -0.4 is 10.2 Å². The van der Waals surface area contributed by atoms with Crippen molar-refractivity contribution < 1.29 is 27.7 Å². The second-order valence-corrected chi connectivity index (χ2v) is 8.47. The van der Waals surface area contributed by atoms with Gasteiger partial charge in [-0.15, -0.1) is 0 Å². The third-order valence-corrected chi connectivity index (χ3v) is 6.11. The Morgan fingerprint density at radius 1 is 1.17 bits per heavy atom. The maximum atomic E-state index is 13.0. The molecule has 2 aromatic carbocycles. The molecule has 0 aromatic heterocycles. The first-order chi connectivity index (χ1) is 16.5. The van der Waals surface area contributed by atoms with Crippen molar-refractivity contribution in [1.82, 2.24) is 4.90 Å². The Hall–Kier alpha value is -3.63. The van der Waals surface area contributed by atoms with Crippen molar-refractivity contribution in [2.75, 3.05) is 36.9 Å². The average Bonchev–Trinajstić information content (AvgIpc) is 2.83. The van der Waals surface area contributed by atoms with E-state index in [1.54, 1.807) is 18.0 Å². The summed E-state index contributed by atoms with van der Waals surface area (Å²) < 4.78 is 38.9. The third-order valence-electron chi connectivity index (χ3n) is 6.11. The molecule has 0 saturated carbocycles. The zero-order chi connectivity index (χ0) is 25.8. The Morgan fingerprint density at radius 2 is 1.83 bits per heavy atom. The number of halogens is 3. The monoisotopic (exact) mass is 492 g/mol. The van der Waals surface area contributed by atoms with E-state index in [9.17, 15) is 32.9 Å². The molecule has 0 aliphatic carbocycles. The number of benzene rings is 2. The van der Waals surface area contributed by atoms with Crippen molar-refractivity contribution in [3.63, 3.8) is 0 Å². The zero-order valence-corrected chi connectivity index (χ0v) is 19.5. The number of alkyl halides is 3. The molecule has 0 unspecified atom stereocenters. The minimum atomic E-state index is -4.68. The number of nitrogens with zero attached hydrogens (tertiary/aromatic N) is 3. The van der Waals surface area contributed by atoms with Gasteiger partial charge >= 0.3 is 6.18 Å². The van der Waals surface area contributed by atoms with Crippen LogP contribution >= 0.6 is 0 Å². The number of nitro groups is 1. The van der Waals surface area contributed by atoms with Crippen LogP contribution in [-0.2, 0) is 22.2 Å². The number of likely N-dealkylation sites (N-methyl/N-ethyl adjacent to an activating group) is 1. The van der Waals surface area contributed by atoms with Gasteiger partial charge in [0, 0.05) is 37.8 Å². The summed E-state index contributed by atoms with van der Waals surface area (Å²) in [6.45, 7) is 2.40. The second-order valence-electron chi connectivity index (χ2n) is 8.47. The van der Waals surface area contributed by atoms with E-state index >= 15 is 0 Å². The number of piperidine rings is 1. The van der Waals surface area contributed by atoms with Crippen molar-refractivity contribution in [2.45, 2.75) is 32.4 Å². The van der Waals surface area contributed by atoms with E-state index in [4.69, 9.17) is 0 Å². The molecule has 0 spiro atoms. The highest BCUT2D eigenvalue weighted by atomic mass is 19.4. The van der Waals surface area contributed by atoms with Gasteiger partial charge in [-0.05, 0) is 43.0 Å². The lowest BCUT2D eigenvalue weighted by atomic mass is 9.94. The first kappa shape index (κ1) is 26.0. The summed E-state index contributed by atoms with van der Waals surface area (Å²) >= 11 is 0. The third kappa shape index (κ3) is 6.28. The van der Waals surface area contributed by atoms with E-state index in [1.165, 1.54) is 4.90 Å². The predicted molar refractivity (Wildman–Crippen MR) is 125 cm³/mol. The Kier molecular flexibility index (Phi) is 7.98. The molecule has 0 bridgehead atoms. The van der Waals surface area contributed by atoms with Gasteiger partial charge in [0.05, 0.1) is 17.0 Å². The largest absolute Gasteiger partial charge is 0.416 e. The van der Waals surface area contributed by atoms with Gasteiger partial charge in [0.15, 0.2) is 0 Å². The quantitative estimate of drug-likeness (QED) is 0.454. The standard InChI is InChI=1S/C24H27F3N4O4/c1-3-16-6-4-5-7-19(16)28-22(32)15-29(2)23(33)17-10-12-30(13-11-17)20-9-8-18(24(25,26)27)14-21(20)31(34)35/h4-9,14,17H,3,10-13,15H2,1-2H3,(H,28,32). The fraction of sp³-hybridized carbons (Fsp3) is 0.417. The molecule has 1 aliphatic heterocycles. The van der Waals surface area contributed by atoms with Crippen molar-refractivity contribution in [3.05, 3.63) is 63.7 Å². The maximum absolute atomic E-state index is 13.0. The lowest BCUT2D eigenvalue weighted by molar-refractivity contribution is -0.384. The van der Waals surface area contributed by atoms with E-state index in [0.29, 0.717) is 24.6 Å². The van der Waals surface area contributed by atoms with Crippen LogP contribution in [0, 0.1) is 16.0 Å². The first-order valence-electron chi connectivity index (χ1n) is 11.2. The summed E-state index contributed by atoms with van der Waals surface area (Å²) in [5.74, 6) is -0.925. The van der Waals surface area contributed by atoms with Gasteiger partial charge in [-0.25, -0.2) is 0 Å². The number of nitrogens with one attached hydrogen (secondary N) is 1. The average molecular weight is 492 g/mol. The molecular formula is C24H27F3N4O4. The number of carbonyl (C=O) groups is 2. The fourth-order valence-electron chi connectivity index (χ4n) is 4.23. The molecule has 11 heteroatoms. The topological polar surface area (TPSA) is 95.8 Å². The Labute approximate surface area is 200 Å². The van der Waals surface area contributed by atoms with Gasteiger partial charge in [-0.1, -0.05) is 25.1 Å². The molecule has 1 N–H and O–H groups in total. The molecule has 0 radical (unpaired) electrons. The van der Waals surface area contributed by atoms with E-state index in [-0.39, 0.29) is 43.1 Å². The van der Waals surface area contributed by atoms with E-state index in [2.05, 4.69) is 5.32 Å². The lowest BCUT2D eigenvalue weighted by Crippen LogP contribution is -2.43. The molecule has 3 rings (SSSR count). The van der Waals surface area contributed by atoms with E-state index < -0.39 is 22.4 Å². The number of hydrogen-bond donors (Lipinski definition) is 1. The highest BCUT2D eigenvalue weighted by Gasteiger charge is 2.35. The molecular weight excluding hydrogens is 465 g/mol. The molecule has 0 atom stereocenters. The number of carbonyl (C=O) groups excluding carboxylic acids is 2. The van der Waals surface area contributed by atoms with Crippen LogP contribution in [0.4, 0.5) is 30.2 Å². The summed E-state index contributed by atoms with van der Waals surface area (Å²) in [5.41, 5.74) is 0.0771. The molecule has 8 nitrogen and oxygen atoms in total. The minimum absolute atomic E-state index is 0.0937. The van der Waals surface area contributed by atoms with E-state index in [1.807, 2.05) is 25.1 Å². The summed E-state index contributed by atoms with van der Waals surface area (Å²) in [7, 11) is 1.54. The van der Waals surface area contributed by atoms with Crippen LogP contribution in [0.2, 0.25) is 0 Å². The van der Waals surface area contributed by atoms with Crippen molar-refractivity contribution >= 4 is 28.9 Å². The minimum Gasteiger partial charge on any atom is -0.366 e. The first-order valence-corrected chi connectivity index (χ1v) is 11.2. The van der Waals surface area contributed by atoms with Crippen molar-refractivity contribution in [3.8, 4) is 0 Å². The molecule has 1 saturated heterocycles. The maximum Gasteiger partial charge on any atom is 0.416 e. The second kappa shape index (κ2) is 10.7. The van der Waals surface area contributed by atoms with Gasteiger partial charge < -0.3 is 15.1 Å². The SMILES string of the molecule is CCc1ccccc1NC(=O)CN(C)C(=O)C1CCN(c2ccc(C(F)(F)F)cc2[N+](=O)[O-])CC1. The Balaban J connectivity index is 1.60. The molecule has 1 aliphatic rings. The number of anilines is 2. The van der Waals surface area contributed by atoms with Gasteiger partial charge in [-0.2, -0.15) is 13.2 Å². The smallest absolute Gasteiger partial charge is 0.366 e. The predicted octanol–water partition coefficient (Wildman–Crippen LogP) is 4.49. The van der Waals surface area contributed by atoms with Crippen molar-refractivity contribution in [2.24, 2.45) is 5.92 Å². The van der Waals surface area contributed by atoms with Gasteiger partial charge in [0.2, 0.25) is 11.8 Å². The number of amides is 2. The highest BCUT2D eigenvalue weighted by Crippen LogP contribution is 2.37. The van der Waals surface area contributed by atoms with Gasteiger partial charge in [0.1, 0.15) is 5.69 Å². The van der Waals surface area contributed by atoms with Crippen LogP contribution in [0.15, 0.2) is 42.5 Å². The summed E-state index contributed by atoms with van der Waals surface area (Å²) in [6, 6.07) is 9.88. The number of para-hydroxylation sites is 1. The molecule has 2 amide bonds. The molecule has 188 valence electrons. The van der Waals surface area contributed by atoms with Gasteiger partial charge in [0.25, 0.3) is 5.69 Å².